The van der Waals surface area contributed by atoms with E-state index in [2.05, 4.69) is 5.32 Å². The minimum absolute atomic E-state index is 0.0919. The minimum atomic E-state index is -0.973. The number of piperidine rings is 1. The van der Waals surface area contributed by atoms with Crippen molar-refractivity contribution in [2.75, 3.05) is 26.4 Å². The normalized spacial score (nSPS) is 31.6. The summed E-state index contributed by atoms with van der Waals surface area (Å²) in [7, 11) is 0. The van der Waals surface area contributed by atoms with Crippen LogP contribution in [0.25, 0.3) is 0 Å². The average molecular weight is 191 g/mol. The Hall–Kier alpha value is -0.190. The second-order valence-electron chi connectivity index (χ2n) is 3.85. The number of hydrogen-bond acceptors (Lipinski definition) is 3. The van der Waals surface area contributed by atoms with Crippen LogP contribution in [0.5, 0.6) is 0 Å². The largest absolute Gasteiger partial charge is 0.388 e. The van der Waals surface area contributed by atoms with Crippen LogP contribution in [0.15, 0.2) is 0 Å². The molecule has 1 rings (SSSR count). The van der Waals surface area contributed by atoms with Gasteiger partial charge in [0.1, 0.15) is 12.8 Å². The Bertz CT molecular complexity index is 149. The summed E-state index contributed by atoms with van der Waals surface area (Å²) in [6, 6.07) is 0. The number of rotatable bonds is 4. The molecule has 0 aromatic carbocycles. The van der Waals surface area contributed by atoms with Gasteiger partial charge in [-0.05, 0) is 26.3 Å². The molecule has 2 N–H and O–H groups in total. The molecule has 1 heterocycles. The Morgan fingerprint density at radius 3 is 3.00 bits per heavy atom. The molecule has 0 saturated carbocycles. The number of aliphatic hydroxyl groups excluding tert-OH is 1. The summed E-state index contributed by atoms with van der Waals surface area (Å²) in [5, 5.41) is 12.2. The van der Waals surface area contributed by atoms with Gasteiger partial charge in [0.2, 0.25) is 0 Å². The molecule has 1 aliphatic heterocycles. The molecule has 0 aliphatic carbocycles. The number of halogens is 1. The van der Waals surface area contributed by atoms with Crippen LogP contribution in [-0.2, 0) is 4.74 Å². The van der Waals surface area contributed by atoms with E-state index in [0.717, 1.165) is 25.9 Å². The van der Waals surface area contributed by atoms with Gasteiger partial charge >= 0.3 is 0 Å². The first-order chi connectivity index (χ1) is 6.16. The fraction of sp³-hybridized carbons (Fsp3) is 1.00. The van der Waals surface area contributed by atoms with E-state index >= 15 is 0 Å². The maximum Gasteiger partial charge on any atom is 0.118 e. The molecule has 1 fully saturated rings. The molecule has 13 heavy (non-hydrogen) atoms. The lowest BCUT2D eigenvalue weighted by Crippen LogP contribution is -2.46. The molecular formula is C9H18FNO2. The second kappa shape index (κ2) is 4.88. The molecule has 2 atom stereocenters. The molecule has 0 aromatic rings. The van der Waals surface area contributed by atoms with Gasteiger partial charge in [-0.25, -0.2) is 4.39 Å². The van der Waals surface area contributed by atoms with E-state index in [-0.39, 0.29) is 12.2 Å². The Morgan fingerprint density at radius 2 is 2.46 bits per heavy atom. The first-order valence-electron chi connectivity index (χ1n) is 4.75. The molecule has 3 nitrogen and oxygen atoms in total. The number of hydrogen-bond donors (Lipinski definition) is 2. The van der Waals surface area contributed by atoms with E-state index in [1.165, 1.54) is 0 Å². The van der Waals surface area contributed by atoms with Crippen molar-refractivity contribution in [1.29, 1.82) is 0 Å². The summed E-state index contributed by atoms with van der Waals surface area (Å²) in [5.74, 6) is 0. The van der Waals surface area contributed by atoms with Crippen LogP contribution in [-0.4, -0.2) is 43.2 Å². The highest BCUT2D eigenvalue weighted by atomic mass is 19.1. The Kier molecular flexibility index (Phi) is 4.09. The van der Waals surface area contributed by atoms with Crippen molar-refractivity contribution in [1.82, 2.24) is 5.32 Å². The van der Waals surface area contributed by atoms with E-state index in [9.17, 15) is 4.39 Å². The number of aliphatic hydroxyl groups is 1. The summed E-state index contributed by atoms with van der Waals surface area (Å²) >= 11 is 0. The second-order valence-corrected chi connectivity index (χ2v) is 3.85. The molecule has 1 saturated heterocycles. The van der Waals surface area contributed by atoms with Crippen molar-refractivity contribution in [2.24, 2.45) is 0 Å². The standard InChI is InChI=1S/C9H18FNO2/c1-9(3-2-4-11-7-9)13-6-8(12)5-10/h8,11-12H,2-7H2,1H3. The van der Waals surface area contributed by atoms with Crippen LogP contribution in [0, 0.1) is 0 Å². The highest BCUT2D eigenvalue weighted by Gasteiger charge is 2.27. The van der Waals surface area contributed by atoms with Gasteiger partial charge in [0.05, 0.1) is 12.2 Å². The van der Waals surface area contributed by atoms with Gasteiger partial charge in [-0.1, -0.05) is 0 Å². The van der Waals surface area contributed by atoms with Crippen molar-refractivity contribution in [2.45, 2.75) is 31.5 Å². The fourth-order valence-electron chi connectivity index (χ4n) is 1.49. The molecule has 0 aromatic heterocycles. The highest BCUT2D eigenvalue weighted by Crippen LogP contribution is 2.19. The van der Waals surface area contributed by atoms with Crippen LogP contribution in [0.4, 0.5) is 4.39 Å². The monoisotopic (exact) mass is 191 g/mol. The van der Waals surface area contributed by atoms with Gasteiger partial charge in [-0.2, -0.15) is 0 Å². The zero-order valence-electron chi connectivity index (χ0n) is 8.05. The Labute approximate surface area is 78.3 Å². The zero-order valence-corrected chi connectivity index (χ0v) is 8.05. The third kappa shape index (κ3) is 3.58. The first-order valence-corrected chi connectivity index (χ1v) is 4.75. The van der Waals surface area contributed by atoms with Crippen LogP contribution in [0.2, 0.25) is 0 Å². The van der Waals surface area contributed by atoms with Gasteiger partial charge in [-0.3, -0.25) is 0 Å². The van der Waals surface area contributed by atoms with Crippen molar-refractivity contribution >= 4 is 0 Å². The molecule has 78 valence electrons. The molecule has 2 unspecified atom stereocenters. The predicted molar refractivity (Wildman–Crippen MR) is 48.4 cm³/mol. The lowest BCUT2D eigenvalue weighted by molar-refractivity contribution is -0.0833. The van der Waals surface area contributed by atoms with Gasteiger partial charge in [0.25, 0.3) is 0 Å². The average Bonchev–Trinajstić information content (AvgIpc) is 2.15. The van der Waals surface area contributed by atoms with E-state index in [0.29, 0.717) is 0 Å². The van der Waals surface area contributed by atoms with Crippen molar-refractivity contribution < 1.29 is 14.2 Å². The quantitative estimate of drug-likeness (QED) is 0.679. The van der Waals surface area contributed by atoms with Crippen molar-refractivity contribution in [3.05, 3.63) is 0 Å². The third-order valence-electron chi connectivity index (χ3n) is 2.36. The topological polar surface area (TPSA) is 41.5 Å². The first kappa shape index (κ1) is 10.9. The van der Waals surface area contributed by atoms with Gasteiger partial charge in [0, 0.05) is 6.54 Å². The predicted octanol–water partition coefficient (Wildman–Crippen LogP) is 0.475. The maximum atomic E-state index is 11.9. The minimum Gasteiger partial charge on any atom is -0.388 e. The van der Waals surface area contributed by atoms with Gasteiger partial charge < -0.3 is 15.2 Å². The van der Waals surface area contributed by atoms with Crippen LogP contribution in [0.1, 0.15) is 19.8 Å². The summed E-state index contributed by atoms with van der Waals surface area (Å²) in [6.45, 7) is 3.15. The van der Waals surface area contributed by atoms with Crippen LogP contribution < -0.4 is 5.32 Å². The van der Waals surface area contributed by atoms with Crippen molar-refractivity contribution in [3.8, 4) is 0 Å². The van der Waals surface area contributed by atoms with Crippen LogP contribution >= 0.6 is 0 Å². The molecular weight excluding hydrogens is 173 g/mol. The zero-order chi connectivity index (χ0) is 9.73. The number of alkyl halides is 1. The maximum absolute atomic E-state index is 11.9. The van der Waals surface area contributed by atoms with Crippen molar-refractivity contribution in [3.63, 3.8) is 0 Å². The molecule has 0 radical (unpaired) electrons. The molecule has 4 heteroatoms. The van der Waals surface area contributed by atoms with Crippen LogP contribution in [0.3, 0.4) is 0 Å². The fourth-order valence-corrected chi connectivity index (χ4v) is 1.49. The SMILES string of the molecule is CC1(OCC(O)CF)CCCNC1. The van der Waals surface area contributed by atoms with E-state index in [1.807, 2.05) is 6.92 Å². The van der Waals surface area contributed by atoms with E-state index < -0.39 is 12.8 Å². The summed E-state index contributed by atoms with van der Waals surface area (Å²) in [6.07, 6.45) is 1.07. The lowest BCUT2D eigenvalue weighted by atomic mass is 9.96. The molecule has 0 amide bonds. The summed E-state index contributed by atoms with van der Waals surface area (Å²) in [5.41, 5.74) is -0.228. The third-order valence-corrected chi connectivity index (χ3v) is 2.36. The lowest BCUT2D eigenvalue weighted by Gasteiger charge is -2.34. The summed E-state index contributed by atoms with van der Waals surface area (Å²) in [4.78, 5) is 0. The smallest absolute Gasteiger partial charge is 0.118 e. The molecule has 1 aliphatic rings. The number of ether oxygens (including phenoxy) is 1. The molecule has 0 bridgehead atoms. The van der Waals surface area contributed by atoms with Gasteiger partial charge in [0.15, 0.2) is 0 Å². The molecule has 0 spiro atoms. The Morgan fingerprint density at radius 1 is 1.69 bits per heavy atom. The Balaban J connectivity index is 2.24. The highest BCUT2D eigenvalue weighted by molar-refractivity contribution is 4.82. The van der Waals surface area contributed by atoms with Gasteiger partial charge in [-0.15, -0.1) is 0 Å². The van der Waals surface area contributed by atoms with E-state index in [1.54, 1.807) is 0 Å². The number of nitrogens with one attached hydrogen (secondary N) is 1. The summed E-state index contributed by atoms with van der Waals surface area (Å²) < 4.78 is 17.4. The van der Waals surface area contributed by atoms with E-state index in [4.69, 9.17) is 9.84 Å².